The van der Waals surface area contributed by atoms with Gasteiger partial charge in [-0.1, -0.05) is 18.2 Å². The maximum absolute atomic E-state index is 12.1. The molecule has 6 nitrogen and oxygen atoms in total. The largest absolute Gasteiger partial charge is 0.419 e. The fourth-order valence-electron chi connectivity index (χ4n) is 2.31. The standard InChI is InChI=1S/C15H19NO5/c1-19-15(20-2)8-10-16(11-9-15)13(17)14(18)21-12-6-4-3-5-7-12/h3-7H,8-11H2,1-2H3. The first-order valence-corrected chi connectivity index (χ1v) is 6.77. The zero-order valence-corrected chi connectivity index (χ0v) is 12.2. The van der Waals surface area contributed by atoms with E-state index >= 15 is 0 Å². The van der Waals surface area contributed by atoms with Gasteiger partial charge in [0.15, 0.2) is 5.79 Å². The quantitative estimate of drug-likeness (QED) is 0.363. The van der Waals surface area contributed by atoms with E-state index in [-0.39, 0.29) is 0 Å². The molecule has 0 N–H and O–H groups in total. The smallest absolute Gasteiger partial charge is 0.402 e. The van der Waals surface area contributed by atoms with Crippen molar-refractivity contribution in [1.82, 2.24) is 4.90 Å². The molecule has 0 spiro atoms. The van der Waals surface area contributed by atoms with Crippen LogP contribution in [0.5, 0.6) is 5.75 Å². The molecule has 6 heteroatoms. The minimum atomic E-state index is -0.872. The van der Waals surface area contributed by atoms with Crippen LogP contribution in [0, 0.1) is 0 Å². The molecule has 114 valence electrons. The number of hydrogen-bond acceptors (Lipinski definition) is 5. The van der Waals surface area contributed by atoms with Crippen LogP contribution in [0.1, 0.15) is 12.8 Å². The van der Waals surface area contributed by atoms with Crippen LogP contribution < -0.4 is 4.74 Å². The zero-order chi connectivity index (χ0) is 15.3. The lowest BCUT2D eigenvalue weighted by atomic mass is 10.0. The molecular formula is C15H19NO5. The first-order chi connectivity index (χ1) is 10.1. The number of carbonyl (C=O) groups is 2. The van der Waals surface area contributed by atoms with Gasteiger partial charge < -0.3 is 19.1 Å². The molecule has 1 heterocycles. The molecule has 0 saturated carbocycles. The SMILES string of the molecule is COC1(OC)CCN(C(=O)C(=O)Oc2ccccc2)CC1. The Bertz CT molecular complexity index is 488. The van der Waals surface area contributed by atoms with E-state index in [1.54, 1.807) is 44.6 Å². The third kappa shape index (κ3) is 3.59. The average molecular weight is 293 g/mol. The maximum atomic E-state index is 12.1. The van der Waals surface area contributed by atoms with Crippen LogP contribution in [0.3, 0.4) is 0 Å². The Morgan fingerprint density at radius 1 is 1.05 bits per heavy atom. The second kappa shape index (κ2) is 6.69. The number of hydrogen-bond donors (Lipinski definition) is 0. The molecule has 1 aromatic carbocycles. The van der Waals surface area contributed by atoms with E-state index in [9.17, 15) is 9.59 Å². The number of esters is 1. The van der Waals surface area contributed by atoms with Crippen LogP contribution in [-0.4, -0.2) is 49.9 Å². The summed E-state index contributed by atoms with van der Waals surface area (Å²) in [7, 11) is 3.15. The van der Waals surface area contributed by atoms with Crippen molar-refractivity contribution in [3.8, 4) is 5.75 Å². The molecule has 0 radical (unpaired) electrons. The molecule has 1 saturated heterocycles. The highest BCUT2D eigenvalue weighted by atomic mass is 16.7. The van der Waals surface area contributed by atoms with Gasteiger partial charge in [-0.2, -0.15) is 0 Å². The van der Waals surface area contributed by atoms with Crippen molar-refractivity contribution < 1.29 is 23.8 Å². The molecule has 0 atom stereocenters. The Morgan fingerprint density at radius 3 is 2.14 bits per heavy atom. The topological polar surface area (TPSA) is 65.1 Å². The number of benzene rings is 1. The molecule has 21 heavy (non-hydrogen) atoms. The molecular weight excluding hydrogens is 274 g/mol. The van der Waals surface area contributed by atoms with E-state index in [2.05, 4.69) is 0 Å². The molecule has 0 aliphatic carbocycles. The van der Waals surface area contributed by atoms with Crippen LogP contribution in [0.2, 0.25) is 0 Å². The summed E-state index contributed by atoms with van der Waals surface area (Å²) < 4.78 is 15.7. The second-order valence-electron chi connectivity index (χ2n) is 4.81. The minimum absolute atomic E-state index is 0.357. The monoisotopic (exact) mass is 293 g/mol. The lowest BCUT2D eigenvalue weighted by Crippen LogP contribution is -2.50. The molecule has 1 aliphatic heterocycles. The first kappa shape index (κ1) is 15.5. The number of para-hydroxylation sites is 1. The number of methoxy groups -OCH3 is 2. The summed E-state index contributed by atoms with van der Waals surface area (Å²) in [6.07, 6.45) is 1.04. The first-order valence-electron chi connectivity index (χ1n) is 6.77. The van der Waals surface area contributed by atoms with Crippen molar-refractivity contribution in [1.29, 1.82) is 0 Å². The van der Waals surface area contributed by atoms with Crippen LogP contribution in [0.4, 0.5) is 0 Å². The summed E-state index contributed by atoms with van der Waals surface area (Å²) in [4.78, 5) is 25.4. The van der Waals surface area contributed by atoms with Crippen molar-refractivity contribution in [3.05, 3.63) is 30.3 Å². The number of piperidine rings is 1. The molecule has 1 fully saturated rings. The molecule has 0 aromatic heterocycles. The Balaban J connectivity index is 1.91. The third-order valence-corrected chi connectivity index (χ3v) is 3.68. The fraction of sp³-hybridized carbons (Fsp3) is 0.467. The molecule has 0 unspecified atom stereocenters. The third-order valence-electron chi connectivity index (χ3n) is 3.68. The Labute approximate surface area is 123 Å². The van der Waals surface area contributed by atoms with Crippen molar-refractivity contribution >= 4 is 11.9 Å². The van der Waals surface area contributed by atoms with Crippen molar-refractivity contribution in [2.45, 2.75) is 18.6 Å². The number of nitrogens with zero attached hydrogens (tertiary/aromatic N) is 1. The second-order valence-corrected chi connectivity index (χ2v) is 4.81. The van der Waals surface area contributed by atoms with Gasteiger partial charge in [-0.05, 0) is 12.1 Å². The van der Waals surface area contributed by atoms with E-state index in [1.165, 1.54) is 4.90 Å². The highest BCUT2D eigenvalue weighted by Gasteiger charge is 2.37. The molecule has 2 rings (SSSR count). The van der Waals surface area contributed by atoms with Crippen LogP contribution in [0.15, 0.2) is 30.3 Å². The lowest BCUT2D eigenvalue weighted by Gasteiger charge is -2.39. The summed E-state index contributed by atoms with van der Waals surface area (Å²) in [6, 6.07) is 8.53. The fourth-order valence-corrected chi connectivity index (χ4v) is 2.31. The van der Waals surface area contributed by atoms with Gasteiger partial charge in [-0.15, -0.1) is 0 Å². The van der Waals surface area contributed by atoms with Gasteiger partial charge >= 0.3 is 11.9 Å². The van der Waals surface area contributed by atoms with Gasteiger partial charge in [0.25, 0.3) is 0 Å². The van der Waals surface area contributed by atoms with Gasteiger partial charge in [-0.25, -0.2) is 4.79 Å². The number of ether oxygens (including phenoxy) is 3. The lowest BCUT2D eigenvalue weighted by molar-refractivity contribution is -0.229. The van der Waals surface area contributed by atoms with E-state index in [4.69, 9.17) is 14.2 Å². The number of carbonyl (C=O) groups excluding carboxylic acids is 2. The number of amides is 1. The van der Waals surface area contributed by atoms with Crippen molar-refractivity contribution in [3.63, 3.8) is 0 Å². The van der Waals surface area contributed by atoms with Crippen LogP contribution in [0.25, 0.3) is 0 Å². The summed E-state index contributed by atoms with van der Waals surface area (Å²) in [5, 5.41) is 0. The van der Waals surface area contributed by atoms with Gasteiger partial charge in [0.05, 0.1) is 0 Å². The average Bonchev–Trinajstić information content (AvgIpc) is 2.55. The van der Waals surface area contributed by atoms with Crippen LogP contribution in [-0.2, 0) is 19.1 Å². The van der Waals surface area contributed by atoms with E-state index < -0.39 is 17.7 Å². The highest BCUT2D eigenvalue weighted by Crippen LogP contribution is 2.26. The Hall–Kier alpha value is -1.92. The normalized spacial score (nSPS) is 17.3. The van der Waals surface area contributed by atoms with Crippen LogP contribution >= 0.6 is 0 Å². The summed E-state index contributed by atoms with van der Waals surface area (Å²) >= 11 is 0. The predicted octanol–water partition coefficient (Wildman–Crippen LogP) is 1.20. The molecule has 1 aromatic rings. The predicted molar refractivity (Wildman–Crippen MR) is 74.6 cm³/mol. The van der Waals surface area contributed by atoms with Gasteiger partial charge in [0, 0.05) is 40.2 Å². The maximum Gasteiger partial charge on any atom is 0.402 e. The Morgan fingerprint density at radius 2 is 1.62 bits per heavy atom. The summed E-state index contributed by atoms with van der Waals surface area (Å²) in [5.74, 6) is -1.82. The number of rotatable bonds is 3. The highest BCUT2D eigenvalue weighted by molar-refractivity contribution is 6.33. The molecule has 1 aliphatic rings. The molecule has 0 bridgehead atoms. The summed E-state index contributed by atoms with van der Waals surface area (Å²) in [5.41, 5.74) is 0. The van der Waals surface area contributed by atoms with Gasteiger partial charge in [0.1, 0.15) is 5.75 Å². The van der Waals surface area contributed by atoms with Crippen molar-refractivity contribution in [2.24, 2.45) is 0 Å². The molecule has 1 amide bonds. The summed E-state index contributed by atoms with van der Waals surface area (Å²) in [6.45, 7) is 0.787. The van der Waals surface area contributed by atoms with Gasteiger partial charge in [0.2, 0.25) is 0 Å². The zero-order valence-electron chi connectivity index (χ0n) is 12.2. The van der Waals surface area contributed by atoms with E-state index in [0.717, 1.165) is 0 Å². The van der Waals surface area contributed by atoms with Gasteiger partial charge in [-0.3, -0.25) is 4.79 Å². The number of likely N-dealkylation sites (tertiary alicyclic amines) is 1. The van der Waals surface area contributed by atoms with E-state index in [0.29, 0.717) is 31.7 Å². The minimum Gasteiger partial charge on any atom is -0.419 e. The van der Waals surface area contributed by atoms with E-state index in [1.807, 2.05) is 0 Å². The Kier molecular flexibility index (Phi) is 4.93. The van der Waals surface area contributed by atoms with Crippen molar-refractivity contribution in [2.75, 3.05) is 27.3 Å².